The molecule has 2 aromatic rings. The molecular formula is C18H22O5S2. The first kappa shape index (κ1) is 19.6. The molecule has 2 rings (SSSR count). The zero-order valence-corrected chi connectivity index (χ0v) is 15.6. The lowest BCUT2D eigenvalue weighted by Crippen LogP contribution is -2.15. The van der Waals surface area contributed by atoms with Crippen LogP contribution in [0.2, 0.25) is 0 Å². The number of esters is 2. The van der Waals surface area contributed by atoms with Crippen molar-refractivity contribution in [1.29, 1.82) is 0 Å². The lowest BCUT2D eigenvalue weighted by Gasteiger charge is -2.07. The summed E-state index contributed by atoms with van der Waals surface area (Å²) < 4.78 is 15.4. The number of hydrogen-bond acceptors (Lipinski definition) is 7. The summed E-state index contributed by atoms with van der Waals surface area (Å²) in [5.41, 5.74) is 2.30. The number of carbonyl (C=O) groups excluding carboxylic acids is 2. The van der Waals surface area contributed by atoms with Crippen LogP contribution in [0.5, 0.6) is 0 Å². The predicted octanol–water partition coefficient (Wildman–Crippen LogP) is 3.48. The number of rotatable bonds is 12. The Bertz CT molecular complexity index is 553. The van der Waals surface area contributed by atoms with E-state index in [0.717, 1.165) is 11.1 Å². The van der Waals surface area contributed by atoms with Crippen LogP contribution in [-0.4, -0.2) is 38.4 Å². The smallest absolute Gasteiger partial charge is 0.306 e. The Morgan fingerprint density at radius 3 is 1.64 bits per heavy atom. The quantitative estimate of drug-likeness (QED) is 0.415. The van der Waals surface area contributed by atoms with E-state index >= 15 is 0 Å². The molecule has 25 heavy (non-hydrogen) atoms. The van der Waals surface area contributed by atoms with Crippen LogP contribution in [0, 0.1) is 0 Å². The second-order valence-electron chi connectivity index (χ2n) is 5.32. The van der Waals surface area contributed by atoms with E-state index in [-0.39, 0.29) is 25.2 Å². The Hall–Kier alpha value is -1.70. The van der Waals surface area contributed by atoms with Crippen molar-refractivity contribution in [3.05, 3.63) is 44.8 Å². The van der Waals surface area contributed by atoms with E-state index < -0.39 is 0 Å². The Morgan fingerprint density at radius 1 is 0.760 bits per heavy atom. The molecule has 0 spiro atoms. The van der Waals surface area contributed by atoms with Gasteiger partial charge in [0.15, 0.2) is 0 Å². The zero-order valence-electron chi connectivity index (χ0n) is 14.0. The molecule has 0 aliphatic carbocycles. The molecule has 0 saturated carbocycles. The molecule has 0 amide bonds. The Kier molecular flexibility index (Phi) is 9.25. The first-order valence-corrected chi connectivity index (χ1v) is 10.0. The molecule has 0 saturated heterocycles. The predicted molar refractivity (Wildman–Crippen MR) is 98.0 cm³/mol. The molecule has 0 radical (unpaired) electrons. The molecular weight excluding hydrogens is 360 g/mol. The number of hydrogen-bond donors (Lipinski definition) is 0. The Labute approximate surface area is 155 Å². The van der Waals surface area contributed by atoms with Crippen molar-refractivity contribution in [2.75, 3.05) is 26.4 Å². The number of carbonyl (C=O) groups is 2. The molecule has 2 aromatic heterocycles. The van der Waals surface area contributed by atoms with Crippen molar-refractivity contribution in [3.63, 3.8) is 0 Å². The third-order valence-corrected chi connectivity index (χ3v) is 4.84. The van der Waals surface area contributed by atoms with Gasteiger partial charge in [-0.15, -0.1) is 0 Å². The van der Waals surface area contributed by atoms with Gasteiger partial charge < -0.3 is 14.2 Å². The summed E-state index contributed by atoms with van der Waals surface area (Å²) in [6.07, 6.45) is 2.14. The number of thiophene rings is 2. The maximum absolute atomic E-state index is 11.5. The summed E-state index contributed by atoms with van der Waals surface area (Å²) >= 11 is 3.23. The van der Waals surface area contributed by atoms with E-state index in [4.69, 9.17) is 14.2 Å². The molecule has 0 N–H and O–H groups in total. The summed E-state index contributed by atoms with van der Waals surface area (Å²) in [5, 5.41) is 8.03. The van der Waals surface area contributed by atoms with Gasteiger partial charge in [-0.1, -0.05) is 0 Å². The van der Waals surface area contributed by atoms with E-state index in [1.54, 1.807) is 22.7 Å². The molecule has 0 unspecified atom stereocenters. The van der Waals surface area contributed by atoms with E-state index in [2.05, 4.69) is 0 Å². The molecule has 0 aliphatic heterocycles. The van der Waals surface area contributed by atoms with E-state index in [0.29, 0.717) is 38.9 Å². The maximum atomic E-state index is 11.5. The van der Waals surface area contributed by atoms with Crippen LogP contribution in [0.4, 0.5) is 0 Å². The fraction of sp³-hybridized carbons (Fsp3) is 0.444. The molecule has 0 atom stereocenters. The van der Waals surface area contributed by atoms with E-state index in [9.17, 15) is 9.59 Å². The van der Waals surface area contributed by atoms with Crippen LogP contribution in [0.25, 0.3) is 0 Å². The minimum atomic E-state index is -0.227. The van der Waals surface area contributed by atoms with Gasteiger partial charge in [0.05, 0.1) is 13.2 Å². The first-order chi connectivity index (χ1) is 12.2. The maximum Gasteiger partial charge on any atom is 0.306 e. The van der Waals surface area contributed by atoms with Gasteiger partial charge in [0.25, 0.3) is 0 Å². The van der Waals surface area contributed by atoms with Gasteiger partial charge in [-0.3, -0.25) is 9.59 Å². The molecule has 0 aromatic carbocycles. The van der Waals surface area contributed by atoms with Gasteiger partial charge in [0, 0.05) is 12.8 Å². The average molecular weight is 383 g/mol. The largest absolute Gasteiger partial charge is 0.463 e. The summed E-state index contributed by atoms with van der Waals surface area (Å²) in [6, 6.07) is 4.01. The molecule has 0 bridgehead atoms. The van der Waals surface area contributed by atoms with Gasteiger partial charge in [0.1, 0.15) is 13.2 Å². The topological polar surface area (TPSA) is 61.8 Å². The highest BCUT2D eigenvalue weighted by Crippen LogP contribution is 2.09. The fourth-order valence-electron chi connectivity index (χ4n) is 2.04. The highest BCUT2D eigenvalue weighted by atomic mass is 32.1. The van der Waals surface area contributed by atoms with Gasteiger partial charge in [-0.2, -0.15) is 22.7 Å². The number of ether oxygens (including phenoxy) is 3. The van der Waals surface area contributed by atoms with Crippen molar-refractivity contribution >= 4 is 34.6 Å². The van der Waals surface area contributed by atoms with Crippen LogP contribution in [-0.2, 0) is 36.6 Å². The normalized spacial score (nSPS) is 10.6. The third kappa shape index (κ3) is 8.81. The Balaban J connectivity index is 1.39. The second-order valence-corrected chi connectivity index (χ2v) is 6.88. The van der Waals surface area contributed by atoms with Crippen LogP contribution in [0.3, 0.4) is 0 Å². The van der Waals surface area contributed by atoms with Crippen LogP contribution < -0.4 is 0 Å². The summed E-state index contributed by atoms with van der Waals surface area (Å²) in [4.78, 5) is 23.1. The van der Waals surface area contributed by atoms with Crippen molar-refractivity contribution in [2.24, 2.45) is 0 Å². The summed E-state index contributed by atoms with van der Waals surface area (Å²) in [6.45, 7) is 1.04. The second kappa shape index (κ2) is 11.8. The SMILES string of the molecule is O=C(CCc1ccsc1)OCCOCCOC(=O)CCc1ccsc1. The molecule has 5 nitrogen and oxygen atoms in total. The van der Waals surface area contributed by atoms with Gasteiger partial charge in [-0.25, -0.2) is 0 Å². The molecule has 2 heterocycles. The minimum Gasteiger partial charge on any atom is -0.463 e. The van der Waals surface area contributed by atoms with Gasteiger partial charge in [-0.05, 0) is 57.6 Å². The number of aryl methyl sites for hydroxylation is 2. The molecule has 7 heteroatoms. The van der Waals surface area contributed by atoms with Gasteiger partial charge >= 0.3 is 11.9 Å². The first-order valence-electron chi connectivity index (χ1n) is 8.15. The van der Waals surface area contributed by atoms with E-state index in [1.807, 2.05) is 33.7 Å². The minimum absolute atomic E-state index is 0.217. The van der Waals surface area contributed by atoms with Crippen LogP contribution in [0.1, 0.15) is 24.0 Å². The van der Waals surface area contributed by atoms with E-state index in [1.165, 1.54) is 0 Å². The lowest BCUT2D eigenvalue weighted by atomic mass is 10.2. The standard InChI is InChI=1S/C18H22O5S2/c19-17(3-1-15-5-11-24-13-15)22-9-7-21-8-10-23-18(20)4-2-16-6-12-25-14-16/h5-6,11-14H,1-4,7-10H2. The monoisotopic (exact) mass is 382 g/mol. The van der Waals surface area contributed by atoms with Gasteiger partial charge in [0.2, 0.25) is 0 Å². The lowest BCUT2D eigenvalue weighted by molar-refractivity contribution is -0.146. The molecule has 0 fully saturated rings. The highest BCUT2D eigenvalue weighted by Gasteiger charge is 2.05. The molecule has 136 valence electrons. The van der Waals surface area contributed by atoms with Crippen molar-refractivity contribution in [1.82, 2.24) is 0 Å². The fourth-order valence-corrected chi connectivity index (χ4v) is 3.44. The summed E-state index contributed by atoms with van der Waals surface area (Å²) in [5.74, 6) is -0.454. The van der Waals surface area contributed by atoms with Crippen molar-refractivity contribution < 1.29 is 23.8 Å². The average Bonchev–Trinajstić information content (AvgIpc) is 3.30. The summed E-state index contributed by atoms with van der Waals surface area (Å²) in [7, 11) is 0. The van der Waals surface area contributed by atoms with Crippen molar-refractivity contribution in [2.45, 2.75) is 25.7 Å². The third-order valence-electron chi connectivity index (χ3n) is 3.38. The Morgan fingerprint density at radius 2 is 1.24 bits per heavy atom. The zero-order chi connectivity index (χ0) is 17.7. The van der Waals surface area contributed by atoms with Crippen LogP contribution >= 0.6 is 22.7 Å². The molecule has 0 aliphatic rings. The van der Waals surface area contributed by atoms with Crippen molar-refractivity contribution in [3.8, 4) is 0 Å². The van der Waals surface area contributed by atoms with Crippen LogP contribution in [0.15, 0.2) is 33.7 Å². The highest BCUT2D eigenvalue weighted by molar-refractivity contribution is 7.08.